The zero-order chi connectivity index (χ0) is 24.1. The average Bonchev–Trinajstić information content (AvgIpc) is 2.85. The molecule has 1 aromatic heterocycles. The number of rotatable bonds is 8. The molecule has 8 nitrogen and oxygen atoms in total. The molecule has 0 radical (unpaired) electrons. The van der Waals surface area contributed by atoms with Crippen molar-refractivity contribution in [3.8, 4) is 5.75 Å². The van der Waals surface area contributed by atoms with Gasteiger partial charge in [0.1, 0.15) is 23.7 Å². The highest BCUT2D eigenvalue weighted by atomic mass is 35.5. The van der Waals surface area contributed by atoms with E-state index in [1.54, 1.807) is 18.2 Å². The summed E-state index contributed by atoms with van der Waals surface area (Å²) in [6, 6.07) is 7.80. The number of amides is 1. The smallest absolute Gasteiger partial charge is 0.247 e. The molecule has 1 atom stereocenters. The van der Waals surface area contributed by atoms with Gasteiger partial charge >= 0.3 is 0 Å². The predicted octanol–water partition coefficient (Wildman–Crippen LogP) is 4.74. The van der Waals surface area contributed by atoms with Gasteiger partial charge in [-0.15, -0.1) is 0 Å². The second-order valence-electron chi connectivity index (χ2n) is 7.66. The van der Waals surface area contributed by atoms with Gasteiger partial charge in [-0.2, -0.15) is 0 Å². The molecule has 178 valence electrons. The molecule has 1 unspecified atom stereocenters. The van der Waals surface area contributed by atoms with Gasteiger partial charge in [-0.05, 0) is 36.8 Å². The number of hydrogen-bond donors (Lipinski definition) is 2. The number of carbonyl (C=O) groups excluding carboxylic acids is 1. The molecular weight excluding hydrogens is 461 g/mol. The third-order valence-corrected chi connectivity index (χ3v) is 5.72. The van der Waals surface area contributed by atoms with Crippen molar-refractivity contribution in [3.63, 3.8) is 0 Å². The lowest BCUT2D eigenvalue weighted by Crippen LogP contribution is -2.46. The molecule has 1 aliphatic heterocycles. The van der Waals surface area contributed by atoms with E-state index in [1.165, 1.54) is 24.5 Å². The van der Waals surface area contributed by atoms with E-state index in [1.807, 2.05) is 6.92 Å². The molecule has 0 spiro atoms. The summed E-state index contributed by atoms with van der Waals surface area (Å²) in [7, 11) is 0. The monoisotopic (exact) mass is 485 g/mol. The Balaban J connectivity index is 1.72. The van der Waals surface area contributed by atoms with Gasteiger partial charge in [-0.1, -0.05) is 25.1 Å². The first-order chi connectivity index (χ1) is 16.5. The van der Waals surface area contributed by atoms with Gasteiger partial charge in [0.15, 0.2) is 6.23 Å². The molecule has 2 N–H and O–H groups in total. The van der Waals surface area contributed by atoms with Crippen LogP contribution < -0.4 is 15.4 Å². The largest absolute Gasteiger partial charge is 0.473 e. The van der Waals surface area contributed by atoms with Crippen molar-refractivity contribution in [2.75, 3.05) is 36.9 Å². The van der Waals surface area contributed by atoms with E-state index in [-0.39, 0.29) is 17.2 Å². The van der Waals surface area contributed by atoms with Gasteiger partial charge in [0.2, 0.25) is 5.91 Å². The molecule has 1 fully saturated rings. The molecule has 4 rings (SSSR count). The number of carbonyl (C=O) groups is 1. The van der Waals surface area contributed by atoms with Crippen molar-refractivity contribution in [1.82, 2.24) is 14.9 Å². The first-order valence-corrected chi connectivity index (χ1v) is 11.3. The fourth-order valence-corrected chi connectivity index (χ4v) is 3.88. The normalized spacial score (nSPS) is 15.0. The van der Waals surface area contributed by atoms with E-state index in [0.29, 0.717) is 47.1 Å². The molecule has 2 heterocycles. The number of nitrogens with zero attached hydrogens (tertiary/aromatic N) is 3. The number of hydrogen-bond acceptors (Lipinski definition) is 7. The van der Waals surface area contributed by atoms with Crippen LogP contribution in [0.4, 0.5) is 21.6 Å². The fourth-order valence-electron chi connectivity index (χ4n) is 3.70. The number of ether oxygens (including phenoxy) is 2. The number of benzene rings is 2. The van der Waals surface area contributed by atoms with Crippen LogP contribution in [0.15, 0.2) is 49.3 Å². The Bertz CT molecular complexity index is 1200. The van der Waals surface area contributed by atoms with Gasteiger partial charge in [-0.3, -0.25) is 9.69 Å². The number of fused-ring (bicyclic) bond motifs is 1. The molecular formula is C24H25ClFN5O3. The van der Waals surface area contributed by atoms with Crippen molar-refractivity contribution < 1.29 is 18.7 Å². The Morgan fingerprint density at radius 2 is 2.12 bits per heavy atom. The first kappa shape index (κ1) is 23.9. The standard InChI is InChI=1S/C24H25ClFN5O3/c1-3-22(32)30-20-12-16-19(13-21(20)34-23(4-2)31-7-9-33-10-8-31)27-14-28-24(16)29-15-5-6-18(26)17(25)11-15/h3,5-6,11-14,23H,1,4,7-10H2,2H3,(H,30,32)(H,27,28,29). The summed E-state index contributed by atoms with van der Waals surface area (Å²) in [5.41, 5.74) is 1.62. The Morgan fingerprint density at radius 1 is 1.32 bits per heavy atom. The minimum atomic E-state index is -0.512. The topological polar surface area (TPSA) is 88.6 Å². The Hall–Kier alpha value is -3.27. The average molecular weight is 486 g/mol. The molecule has 10 heteroatoms. The zero-order valence-corrected chi connectivity index (χ0v) is 19.4. The molecule has 34 heavy (non-hydrogen) atoms. The number of nitrogens with one attached hydrogen (secondary N) is 2. The van der Waals surface area contributed by atoms with E-state index >= 15 is 0 Å². The van der Waals surface area contributed by atoms with Crippen LogP contribution in [0.2, 0.25) is 5.02 Å². The Kier molecular flexibility index (Phi) is 7.56. The van der Waals surface area contributed by atoms with E-state index in [2.05, 4.69) is 32.1 Å². The molecule has 2 aromatic carbocycles. The fraction of sp³-hybridized carbons (Fsp3) is 0.292. The highest BCUT2D eigenvalue weighted by Crippen LogP contribution is 2.35. The Labute approximate surface area is 201 Å². The van der Waals surface area contributed by atoms with Crippen LogP contribution in [0, 0.1) is 5.82 Å². The molecule has 3 aromatic rings. The van der Waals surface area contributed by atoms with Crippen molar-refractivity contribution >= 4 is 45.6 Å². The summed E-state index contributed by atoms with van der Waals surface area (Å²) < 4.78 is 25.4. The molecule has 0 bridgehead atoms. The summed E-state index contributed by atoms with van der Waals surface area (Å²) in [6.45, 7) is 8.39. The van der Waals surface area contributed by atoms with E-state index in [9.17, 15) is 9.18 Å². The van der Waals surface area contributed by atoms with Crippen LogP contribution in [0.25, 0.3) is 10.9 Å². The minimum Gasteiger partial charge on any atom is -0.473 e. The first-order valence-electron chi connectivity index (χ1n) is 10.9. The molecule has 1 aliphatic rings. The van der Waals surface area contributed by atoms with Gasteiger partial charge in [0.05, 0.1) is 29.4 Å². The van der Waals surface area contributed by atoms with Crippen LogP contribution in [-0.2, 0) is 9.53 Å². The maximum atomic E-state index is 13.6. The SMILES string of the molecule is C=CC(=O)Nc1cc2c(Nc3ccc(F)c(Cl)c3)ncnc2cc1OC(CC)N1CCOCC1. The molecule has 1 amide bonds. The molecule has 1 saturated heterocycles. The van der Waals surface area contributed by atoms with Crippen molar-refractivity contribution in [1.29, 1.82) is 0 Å². The van der Waals surface area contributed by atoms with Crippen LogP contribution in [0.1, 0.15) is 13.3 Å². The third kappa shape index (κ3) is 5.44. The third-order valence-electron chi connectivity index (χ3n) is 5.43. The van der Waals surface area contributed by atoms with Crippen molar-refractivity contribution in [3.05, 3.63) is 60.2 Å². The summed E-state index contributed by atoms with van der Waals surface area (Å²) in [4.78, 5) is 23.1. The highest BCUT2D eigenvalue weighted by Gasteiger charge is 2.23. The van der Waals surface area contributed by atoms with Crippen molar-refractivity contribution in [2.24, 2.45) is 0 Å². The van der Waals surface area contributed by atoms with E-state index < -0.39 is 5.82 Å². The predicted molar refractivity (Wildman–Crippen MR) is 130 cm³/mol. The quantitative estimate of drug-likeness (QED) is 0.445. The summed E-state index contributed by atoms with van der Waals surface area (Å²) in [5, 5.41) is 6.57. The number of anilines is 3. The lowest BCUT2D eigenvalue weighted by atomic mass is 10.1. The second-order valence-corrected chi connectivity index (χ2v) is 8.07. The van der Waals surface area contributed by atoms with Crippen LogP contribution in [0.5, 0.6) is 5.75 Å². The number of aromatic nitrogens is 2. The van der Waals surface area contributed by atoms with Crippen molar-refractivity contribution in [2.45, 2.75) is 19.6 Å². The summed E-state index contributed by atoms with van der Waals surface area (Å²) >= 11 is 5.91. The highest BCUT2D eigenvalue weighted by molar-refractivity contribution is 6.31. The van der Waals surface area contributed by atoms with Crippen LogP contribution in [0.3, 0.4) is 0 Å². The lowest BCUT2D eigenvalue weighted by molar-refractivity contribution is -0.111. The second kappa shape index (κ2) is 10.8. The van der Waals surface area contributed by atoms with Crippen LogP contribution in [-0.4, -0.2) is 53.3 Å². The van der Waals surface area contributed by atoms with Gasteiger partial charge in [0, 0.05) is 30.2 Å². The number of morpholine rings is 1. The van der Waals surface area contributed by atoms with Gasteiger partial charge in [0.25, 0.3) is 0 Å². The van der Waals surface area contributed by atoms with Gasteiger partial charge in [-0.25, -0.2) is 14.4 Å². The van der Waals surface area contributed by atoms with Gasteiger partial charge < -0.3 is 20.1 Å². The maximum absolute atomic E-state index is 13.6. The van der Waals surface area contributed by atoms with E-state index in [0.717, 1.165) is 19.5 Å². The molecule has 0 aliphatic carbocycles. The van der Waals surface area contributed by atoms with Crippen LogP contribution >= 0.6 is 11.6 Å². The summed E-state index contributed by atoms with van der Waals surface area (Å²) in [5.74, 6) is 0.0612. The number of halogens is 2. The zero-order valence-electron chi connectivity index (χ0n) is 18.7. The minimum absolute atomic E-state index is 0.00768. The maximum Gasteiger partial charge on any atom is 0.247 e. The van der Waals surface area contributed by atoms with E-state index in [4.69, 9.17) is 21.1 Å². The Morgan fingerprint density at radius 3 is 2.82 bits per heavy atom. The molecule has 0 saturated carbocycles. The summed E-state index contributed by atoms with van der Waals surface area (Å²) in [6.07, 6.45) is 3.16. The lowest BCUT2D eigenvalue weighted by Gasteiger charge is -2.34.